The molecule has 0 aliphatic rings. The van der Waals surface area contributed by atoms with Gasteiger partial charge in [-0.15, -0.1) is 12.4 Å². The summed E-state index contributed by atoms with van der Waals surface area (Å²) in [6.07, 6.45) is 1.69. The number of fused-ring (bicyclic) bond motifs is 1. The molecule has 0 spiro atoms. The van der Waals surface area contributed by atoms with E-state index in [2.05, 4.69) is 10.4 Å². The van der Waals surface area contributed by atoms with E-state index in [4.69, 9.17) is 5.73 Å². The molecule has 0 aliphatic heterocycles. The Bertz CT molecular complexity index is 743. The van der Waals surface area contributed by atoms with E-state index in [1.807, 2.05) is 13.8 Å². The maximum Gasteiger partial charge on any atom is 0.274 e. The largest absolute Gasteiger partial charge is 0.351 e. The SMILES string of the molecule is CC(C)Cn1nc(C(=O)NCCCCN)c2ccccc2c1=O.Cl. The number of amides is 1. The van der Waals surface area contributed by atoms with Crippen LogP contribution in [0.25, 0.3) is 10.8 Å². The standard InChI is InChI=1S/C17H24N4O2.ClH/c1-12(2)11-21-17(23)14-8-4-3-7-13(14)15(20-21)16(22)19-10-6-5-9-18;/h3-4,7-8,12H,5-6,9-11,18H2,1-2H3,(H,19,22);1H. The molecular formula is C17H25ClN4O2. The number of halogens is 1. The molecule has 132 valence electrons. The van der Waals surface area contributed by atoms with Crippen LogP contribution in [0.4, 0.5) is 0 Å². The summed E-state index contributed by atoms with van der Waals surface area (Å²) in [5.41, 5.74) is 5.59. The Balaban J connectivity index is 0.00000288. The van der Waals surface area contributed by atoms with Gasteiger partial charge in [0.1, 0.15) is 0 Å². The van der Waals surface area contributed by atoms with Gasteiger partial charge in [-0.2, -0.15) is 5.10 Å². The van der Waals surface area contributed by atoms with Crippen molar-refractivity contribution in [1.82, 2.24) is 15.1 Å². The fraction of sp³-hybridized carbons (Fsp3) is 0.471. The molecule has 0 saturated heterocycles. The van der Waals surface area contributed by atoms with Gasteiger partial charge in [-0.25, -0.2) is 4.68 Å². The Morgan fingerprint density at radius 3 is 2.54 bits per heavy atom. The number of carbonyl (C=O) groups is 1. The predicted molar refractivity (Wildman–Crippen MR) is 98.7 cm³/mol. The van der Waals surface area contributed by atoms with Crippen molar-refractivity contribution in [2.24, 2.45) is 11.7 Å². The highest BCUT2D eigenvalue weighted by atomic mass is 35.5. The zero-order valence-electron chi connectivity index (χ0n) is 14.1. The molecule has 3 N–H and O–H groups in total. The first-order chi connectivity index (χ1) is 11.0. The molecule has 0 atom stereocenters. The van der Waals surface area contributed by atoms with Crippen LogP contribution in [0.5, 0.6) is 0 Å². The van der Waals surface area contributed by atoms with Gasteiger partial charge in [0, 0.05) is 18.5 Å². The highest BCUT2D eigenvalue weighted by molar-refractivity contribution is 6.04. The van der Waals surface area contributed by atoms with Crippen LogP contribution in [-0.4, -0.2) is 28.8 Å². The van der Waals surface area contributed by atoms with Crippen LogP contribution in [0.3, 0.4) is 0 Å². The monoisotopic (exact) mass is 352 g/mol. The second kappa shape index (κ2) is 9.39. The Morgan fingerprint density at radius 2 is 1.92 bits per heavy atom. The summed E-state index contributed by atoms with van der Waals surface area (Å²) in [5.74, 6) is 0.0116. The molecule has 1 heterocycles. The van der Waals surface area contributed by atoms with Crippen LogP contribution in [0.2, 0.25) is 0 Å². The Hall–Kier alpha value is -1.92. The molecule has 1 amide bonds. The van der Waals surface area contributed by atoms with Gasteiger partial charge in [0.05, 0.1) is 5.39 Å². The van der Waals surface area contributed by atoms with E-state index in [0.29, 0.717) is 36.1 Å². The second-order valence-electron chi connectivity index (χ2n) is 6.03. The fourth-order valence-corrected chi connectivity index (χ4v) is 2.43. The van der Waals surface area contributed by atoms with Gasteiger partial charge >= 0.3 is 0 Å². The van der Waals surface area contributed by atoms with Gasteiger partial charge < -0.3 is 11.1 Å². The summed E-state index contributed by atoms with van der Waals surface area (Å²) in [5, 5.41) is 8.28. The number of hydrogen-bond acceptors (Lipinski definition) is 4. The molecule has 0 aliphatic carbocycles. The van der Waals surface area contributed by atoms with Gasteiger partial charge in [-0.05, 0) is 31.4 Å². The van der Waals surface area contributed by atoms with Crippen LogP contribution in [0, 0.1) is 5.92 Å². The lowest BCUT2D eigenvalue weighted by molar-refractivity contribution is 0.0947. The van der Waals surface area contributed by atoms with E-state index < -0.39 is 0 Å². The van der Waals surface area contributed by atoms with E-state index in [9.17, 15) is 9.59 Å². The second-order valence-corrected chi connectivity index (χ2v) is 6.03. The molecular weight excluding hydrogens is 328 g/mol. The van der Waals surface area contributed by atoms with Gasteiger partial charge in [0.25, 0.3) is 11.5 Å². The number of nitrogens with zero attached hydrogens (tertiary/aromatic N) is 2. The summed E-state index contributed by atoms with van der Waals surface area (Å²) in [6.45, 7) is 5.66. The van der Waals surface area contributed by atoms with Gasteiger partial charge in [0.2, 0.25) is 0 Å². The fourth-order valence-electron chi connectivity index (χ4n) is 2.43. The summed E-state index contributed by atoms with van der Waals surface area (Å²) in [7, 11) is 0. The molecule has 0 unspecified atom stereocenters. The number of carbonyl (C=O) groups excluding carboxylic acids is 1. The molecule has 0 bridgehead atoms. The van der Waals surface area contributed by atoms with Crippen molar-refractivity contribution in [3.8, 4) is 0 Å². The number of aromatic nitrogens is 2. The summed E-state index contributed by atoms with van der Waals surface area (Å²) < 4.78 is 1.39. The maximum atomic E-state index is 12.5. The lowest BCUT2D eigenvalue weighted by atomic mass is 10.1. The third-order valence-electron chi connectivity index (χ3n) is 3.54. The molecule has 2 rings (SSSR count). The first-order valence-corrected chi connectivity index (χ1v) is 8.02. The molecule has 7 heteroatoms. The third kappa shape index (κ3) is 4.79. The number of hydrogen-bond donors (Lipinski definition) is 2. The van der Waals surface area contributed by atoms with Crippen LogP contribution in [-0.2, 0) is 6.54 Å². The lowest BCUT2D eigenvalue weighted by Crippen LogP contribution is -2.32. The van der Waals surface area contributed by atoms with E-state index in [1.165, 1.54) is 4.68 Å². The van der Waals surface area contributed by atoms with Gasteiger partial charge in [-0.1, -0.05) is 32.0 Å². The summed E-state index contributed by atoms with van der Waals surface area (Å²) in [6, 6.07) is 7.10. The van der Waals surface area contributed by atoms with E-state index >= 15 is 0 Å². The third-order valence-corrected chi connectivity index (χ3v) is 3.54. The van der Waals surface area contributed by atoms with Crippen molar-refractivity contribution in [1.29, 1.82) is 0 Å². The average Bonchev–Trinajstić information content (AvgIpc) is 2.53. The minimum Gasteiger partial charge on any atom is -0.351 e. The molecule has 1 aromatic heterocycles. The predicted octanol–water partition coefficient (Wildman–Crippen LogP) is 1.94. The van der Waals surface area contributed by atoms with Crippen LogP contribution in [0.1, 0.15) is 37.2 Å². The van der Waals surface area contributed by atoms with Crippen LogP contribution in [0.15, 0.2) is 29.1 Å². The number of benzene rings is 1. The number of nitrogens with one attached hydrogen (secondary N) is 1. The van der Waals surface area contributed by atoms with E-state index in [-0.39, 0.29) is 29.8 Å². The van der Waals surface area contributed by atoms with Gasteiger partial charge in [-0.3, -0.25) is 9.59 Å². The Morgan fingerprint density at radius 1 is 1.25 bits per heavy atom. The average molecular weight is 353 g/mol. The summed E-state index contributed by atoms with van der Waals surface area (Å²) >= 11 is 0. The van der Waals surface area contributed by atoms with Crippen molar-refractivity contribution in [3.05, 3.63) is 40.3 Å². The normalized spacial score (nSPS) is 10.7. The molecule has 2 aromatic rings. The van der Waals surface area contributed by atoms with Crippen molar-refractivity contribution < 1.29 is 4.79 Å². The zero-order chi connectivity index (χ0) is 16.8. The highest BCUT2D eigenvalue weighted by Gasteiger charge is 2.16. The highest BCUT2D eigenvalue weighted by Crippen LogP contribution is 2.13. The number of nitrogens with two attached hydrogens (primary N) is 1. The van der Waals surface area contributed by atoms with Crippen molar-refractivity contribution in [2.45, 2.75) is 33.2 Å². The Labute approximate surface area is 147 Å². The molecule has 24 heavy (non-hydrogen) atoms. The first kappa shape index (κ1) is 20.1. The summed E-state index contributed by atoms with van der Waals surface area (Å²) in [4.78, 5) is 24.9. The molecule has 0 fully saturated rings. The van der Waals surface area contributed by atoms with Crippen molar-refractivity contribution in [2.75, 3.05) is 13.1 Å². The molecule has 0 saturated carbocycles. The van der Waals surface area contributed by atoms with E-state index in [0.717, 1.165) is 12.8 Å². The van der Waals surface area contributed by atoms with Gasteiger partial charge in [0.15, 0.2) is 5.69 Å². The number of rotatable bonds is 7. The number of unbranched alkanes of at least 4 members (excludes halogenated alkanes) is 1. The first-order valence-electron chi connectivity index (χ1n) is 8.02. The molecule has 1 aromatic carbocycles. The van der Waals surface area contributed by atoms with Crippen LogP contribution < -0.4 is 16.6 Å². The quantitative estimate of drug-likeness (QED) is 0.745. The smallest absolute Gasteiger partial charge is 0.274 e. The molecule has 6 nitrogen and oxygen atoms in total. The minimum atomic E-state index is -0.254. The zero-order valence-corrected chi connectivity index (χ0v) is 14.9. The van der Waals surface area contributed by atoms with E-state index in [1.54, 1.807) is 24.3 Å². The topological polar surface area (TPSA) is 90.0 Å². The van der Waals surface area contributed by atoms with Crippen LogP contribution >= 0.6 is 12.4 Å². The van der Waals surface area contributed by atoms with Crippen molar-refractivity contribution >= 4 is 29.1 Å². The lowest BCUT2D eigenvalue weighted by Gasteiger charge is -2.12. The van der Waals surface area contributed by atoms with Crippen molar-refractivity contribution in [3.63, 3.8) is 0 Å². The minimum absolute atomic E-state index is 0. The molecule has 0 radical (unpaired) electrons. The Kier molecular flexibility index (Phi) is 7.88. The maximum absolute atomic E-state index is 12.5.